The number of aliphatic hydroxyl groups is 1. The summed E-state index contributed by atoms with van der Waals surface area (Å²) >= 11 is 0. The van der Waals surface area contributed by atoms with Crippen LogP contribution in [0.5, 0.6) is 0 Å². The summed E-state index contributed by atoms with van der Waals surface area (Å²) in [5.41, 5.74) is 6.33. The fourth-order valence-electron chi connectivity index (χ4n) is 2.25. The van der Waals surface area contributed by atoms with Crippen LogP contribution < -0.4 is 10.6 Å². The van der Waals surface area contributed by atoms with Crippen LogP contribution in [0, 0.1) is 5.92 Å². The van der Waals surface area contributed by atoms with Gasteiger partial charge in [-0.25, -0.2) is 0 Å². The second kappa shape index (κ2) is 3.85. The number of rotatable bonds is 2. The number of aromatic nitrogens is 4. The van der Waals surface area contributed by atoms with E-state index in [0.29, 0.717) is 11.6 Å². The average molecular weight is 234 g/mol. The van der Waals surface area contributed by atoms with Gasteiger partial charge in [-0.05, 0) is 6.42 Å². The molecular weight excluding hydrogens is 220 g/mol. The van der Waals surface area contributed by atoms with Gasteiger partial charge in [0.1, 0.15) is 5.82 Å². The van der Waals surface area contributed by atoms with Gasteiger partial charge in [0.2, 0.25) is 5.95 Å². The van der Waals surface area contributed by atoms with E-state index in [1.54, 1.807) is 6.20 Å². The van der Waals surface area contributed by atoms with Gasteiger partial charge >= 0.3 is 0 Å². The summed E-state index contributed by atoms with van der Waals surface area (Å²) in [4.78, 5) is 10.5. The molecule has 1 saturated heterocycles. The molecule has 0 aromatic carbocycles. The number of aromatic amines is 1. The highest BCUT2D eigenvalue weighted by Gasteiger charge is 2.25. The fraction of sp³-hybridized carbons (Fsp3) is 0.500. The number of nitrogens with zero attached hydrogens (tertiary/aromatic N) is 4. The maximum absolute atomic E-state index is 9.16. The summed E-state index contributed by atoms with van der Waals surface area (Å²) in [5, 5.41) is 16.8. The number of nitrogens with two attached hydrogens (primary N) is 1. The van der Waals surface area contributed by atoms with Crippen LogP contribution in [0.2, 0.25) is 0 Å². The molecule has 1 aliphatic heterocycles. The van der Waals surface area contributed by atoms with Crippen LogP contribution in [0.15, 0.2) is 6.20 Å². The first kappa shape index (κ1) is 10.3. The minimum absolute atomic E-state index is 0.214. The van der Waals surface area contributed by atoms with Crippen molar-refractivity contribution in [2.24, 2.45) is 5.92 Å². The Hall–Kier alpha value is -1.89. The number of H-pyrrole nitrogens is 1. The van der Waals surface area contributed by atoms with Gasteiger partial charge < -0.3 is 15.7 Å². The van der Waals surface area contributed by atoms with Crippen LogP contribution in [0.25, 0.3) is 11.0 Å². The van der Waals surface area contributed by atoms with E-state index in [0.717, 1.165) is 30.7 Å². The van der Waals surface area contributed by atoms with Gasteiger partial charge in [0, 0.05) is 25.6 Å². The van der Waals surface area contributed by atoms with Crippen LogP contribution in [-0.4, -0.2) is 45.0 Å². The summed E-state index contributed by atoms with van der Waals surface area (Å²) in [6.07, 6.45) is 2.68. The Balaban J connectivity index is 2.02. The van der Waals surface area contributed by atoms with Crippen LogP contribution >= 0.6 is 0 Å². The average Bonchev–Trinajstić information content (AvgIpc) is 2.95. The molecule has 0 aliphatic carbocycles. The minimum Gasteiger partial charge on any atom is -0.396 e. The molecule has 7 heteroatoms. The Morgan fingerprint density at radius 2 is 2.41 bits per heavy atom. The Morgan fingerprint density at radius 1 is 1.53 bits per heavy atom. The van der Waals surface area contributed by atoms with E-state index in [1.807, 2.05) is 0 Å². The normalized spacial score (nSPS) is 20.3. The number of aliphatic hydroxyl groups excluding tert-OH is 1. The highest BCUT2D eigenvalue weighted by atomic mass is 16.3. The van der Waals surface area contributed by atoms with Crippen molar-refractivity contribution in [3.8, 4) is 0 Å². The fourth-order valence-corrected chi connectivity index (χ4v) is 2.25. The van der Waals surface area contributed by atoms with E-state index in [9.17, 15) is 0 Å². The topological polar surface area (TPSA) is 104 Å². The molecule has 1 fully saturated rings. The van der Waals surface area contributed by atoms with Gasteiger partial charge in [-0.15, -0.1) is 0 Å². The summed E-state index contributed by atoms with van der Waals surface area (Å²) in [6, 6.07) is 0. The highest BCUT2D eigenvalue weighted by molar-refractivity contribution is 5.87. The zero-order chi connectivity index (χ0) is 11.8. The summed E-state index contributed by atoms with van der Waals surface area (Å²) in [7, 11) is 0. The van der Waals surface area contributed by atoms with E-state index < -0.39 is 0 Å². The van der Waals surface area contributed by atoms with Crippen molar-refractivity contribution in [3.63, 3.8) is 0 Å². The lowest BCUT2D eigenvalue weighted by Gasteiger charge is -2.17. The zero-order valence-corrected chi connectivity index (χ0v) is 9.30. The molecule has 2 aromatic heterocycles. The van der Waals surface area contributed by atoms with Crippen molar-refractivity contribution < 1.29 is 5.11 Å². The van der Waals surface area contributed by atoms with Crippen molar-refractivity contribution in [3.05, 3.63) is 6.20 Å². The van der Waals surface area contributed by atoms with Crippen LogP contribution in [0.3, 0.4) is 0 Å². The molecule has 3 rings (SSSR count). The second-order valence-corrected chi connectivity index (χ2v) is 4.32. The lowest BCUT2D eigenvalue weighted by atomic mass is 10.1. The summed E-state index contributed by atoms with van der Waals surface area (Å²) < 4.78 is 0. The maximum Gasteiger partial charge on any atom is 0.224 e. The molecular formula is C10H14N6O. The SMILES string of the molecule is Nc1nc(N2CCC(CO)C2)c2cn[nH]c2n1. The predicted molar refractivity (Wildman–Crippen MR) is 63.5 cm³/mol. The molecule has 0 saturated carbocycles. The third-order valence-electron chi connectivity index (χ3n) is 3.15. The number of nitrogens with one attached hydrogen (secondary N) is 1. The predicted octanol–water partition coefficient (Wildman–Crippen LogP) is -0.246. The molecule has 2 aromatic rings. The monoisotopic (exact) mass is 234 g/mol. The number of nitrogen functional groups attached to an aromatic ring is 1. The van der Waals surface area contributed by atoms with Crippen molar-refractivity contribution in [2.45, 2.75) is 6.42 Å². The number of hydrogen-bond donors (Lipinski definition) is 3. The zero-order valence-electron chi connectivity index (χ0n) is 9.30. The lowest BCUT2D eigenvalue weighted by Crippen LogP contribution is -2.22. The van der Waals surface area contributed by atoms with E-state index in [-0.39, 0.29) is 12.6 Å². The Kier molecular flexibility index (Phi) is 2.32. The first-order valence-electron chi connectivity index (χ1n) is 5.60. The van der Waals surface area contributed by atoms with E-state index in [1.165, 1.54) is 0 Å². The summed E-state index contributed by atoms with van der Waals surface area (Å²) in [5.74, 6) is 1.36. The second-order valence-electron chi connectivity index (χ2n) is 4.32. The third kappa shape index (κ3) is 1.68. The number of anilines is 2. The molecule has 3 heterocycles. The van der Waals surface area contributed by atoms with Crippen molar-refractivity contribution >= 4 is 22.8 Å². The summed E-state index contributed by atoms with van der Waals surface area (Å²) in [6.45, 7) is 1.89. The van der Waals surface area contributed by atoms with Crippen molar-refractivity contribution in [1.82, 2.24) is 20.2 Å². The molecule has 1 unspecified atom stereocenters. The maximum atomic E-state index is 9.16. The molecule has 0 spiro atoms. The first-order chi connectivity index (χ1) is 8.28. The molecule has 17 heavy (non-hydrogen) atoms. The molecule has 7 nitrogen and oxygen atoms in total. The Bertz CT molecular complexity index is 539. The molecule has 4 N–H and O–H groups in total. The van der Waals surface area contributed by atoms with Gasteiger partial charge in [-0.3, -0.25) is 5.10 Å². The van der Waals surface area contributed by atoms with E-state index in [2.05, 4.69) is 25.1 Å². The third-order valence-corrected chi connectivity index (χ3v) is 3.15. The largest absolute Gasteiger partial charge is 0.396 e. The number of hydrogen-bond acceptors (Lipinski definition) is 6. The van der Waals surface area contributed by atoms with Gasteiger partial charge in [0.05, 0.1) is 11.6 Å². The highest BCUT2D eigenvalue weighted by Crippen LogP contribution is 2.27. The smallest absolute Gasteiger partial charge is 0.224 e. The first-order valence-corrected chi connectivity index (χ1v) is 5.60. The molecule has 1 atom stereocenters. The van der Waals surface area contributed by atoms with Gasteiger partial charge in [0.25, 0.3) is 0 Å². The van der Waals surface area contributed by atoms with Crippen LogP contribution in [0.4, 0.5) is 11.8 Å². The standard InChI is InChI=1S/C10H14N6O/c11-10-13-8-7(3-12-15-8)9(14-10)16-2-1-6(4-16)5-17/h3,6,17H,1-2,4-5H2,(H3,11,12,13,14,15). The quantitative estimate of drug-likeness (QED) is 0.662. The molecule has 90 valence electrons. The van der Waals surface area contributed by atoms with Crippen molar-refractivity contribution in [2.75, 3.05) is 30.3 Å². The van der Waals surface area contributed by atoms with Crippen LogP contribution in [-0.2, 0) is 0 Å². The van der Waals surface area contributed by atoms with E-state index >= 15 is 0 Å². The van der Waals surface area contributed by atoms with Gasteiger partial charge in [-0.1, -0.05) is 0 Å². The van der Waals surface area contributed by atoms with Crippen molar-refractivity contribution in [1.29, 1.82) is 0 Å². The Morgan fingerprint density at radius 3 is 3.18 bits per heavy atom. The van der Waals surface area contributed by atoms with E-state index in [4.69, 9.17) is 10.8 Å². The molecule has 0 amide bonds. The number of fused-ring (bicyclic) bond motifs is 1. The van der Waals surface area contributed by atoms with Gasteiger partial charge in [-0.2, -0.15) is 15.1 Å². The lowest BCUT2D eigenvalue weighted by molar-refractivity contribution is 0.238. The van der Waals surface area contributed by atoms with Crippen LogP contribution in [0.1, 0.15) is 6.42 Å². The van der Waals surface area contributed by atoms with Gasteiger partial charge in [0.15, 0.2) is 5.65 Å². The minimum atomic E-state index is 0.214. The molecule has 1 aliphatic rings. The molecule has 0 bridgehead atoms. The molecule has 0 radical (unpaired) electrons. The Labute approximate surface area is 97.7 Å².